The number of piperidine rings is 1. The lowest BCUT2D eigenvalue weighted by atomic mass is 9.96. The first-order chi connectivity index (χ1) is 12.1. The summed E-state index contributed by atoms with van der Waals surface area (Å²) in [5.41, 5.74) is 6.28. The quantitative estimate of drug-likeness (QED) is 0.849. The zero-order chi connectivity index (χ0) is 17.6. The molecule has 1 aliphatic heterocycles. The summed E-state index contributed by atoms with van der Waals surface area (Å²) in [7, 11) is 0. The number of carbonyl (C=O) groups excluding carboxylic acids is 2. The van der Waals surface area contributed by atoms with Crippen molar-refractivity contribution in [2.45, 2.75) is 51.2 Å². The van der Waals surface area contributed by atoms with Gasteiger partial charge in [-0.05, 0) is 50.2 Å². The molecule has 1 saturated heterocycles. The molecule has 2 aliphatic rings. The molecule has 0 unspecified atom stereocenters. The number of pyridine rings is 1. The van der Waals surface area contributed by atoms with Crippen molar-refractivity contribution in [2.75, 3.05) is 13.1 Å². The van der Waals surface area contributed by atoms with E-state index in [1.54, 1.807) is 11.1 Å². The average molecular weight is 346 g/mol. The molecule has 25 heavy (non-hydrogen) atoms. The van der Waals surface area contributed by atoms with Crippen LogP contribution in [0.25, 0.3) is 0 Å². The van der Waals surface area contributed by atoms with Gasteiger partial charge in [-0.3, -0.25) is 4.79 Å². The maximum Gasteiger partial charge on any atom is 0.317 e. The van der Waals surface area contributed by atoms with Crippen LogP contribution in [-0.2, 0) is 11.3 Å². The maximum absolute atomic E-state index is 12.3. The topological polar surface area (TPSA) is 97.6 Å². The van der Waals surface area contributed by atoms with Crippen LogP contribution >= 0.6 is 0 Å². The van der Waals surface area contributed by atoms with Gasteiger partial charge in [-0.25, -0.2) is 9.78 Å². The van der Waals surface area contributed by atoms with Crippen LogP contribution in [0.4, 0.5) is 4.79 Å². The molecule has 7 heteroatoms. The zero-order valence-electron chi connectivity index (χ0n) is 14.4. The standard InChI is InChI=1S/C18H26N4O3/c19-17(23)14-6-9-22(10-7-14)18(24)21-12-13-5-8-20-16(11-13)25-15-3-1-2-4-15/h5,8,11,14-15H,1-4,6-7,9-10,12H2,(H2,19,23)(H,21,24). The Kier molecular flexibility index (Phi) is 5.73. The van der Waals surface area contributed by atoms with Gasteiger partial charge in [0, 0.05) is 37.8 Å². The zero-order valence-corrected chi connectivity index (χ0v) is 14.4. The second kappa shape index (κ2) is 8.18. The predicted molar refractivity (Wildman–Crippen MR) is 92.8 cm³/mol. The highest BCUT2D eigenvalue weighted by atomic mass is 16.5. The van der Waals surface area contributed by atoms with Gasteiger partial charge in [0.25, 0.3) is 0 Å². The summed E-state index contributed by atoms with van der Waals surface area (Å²) in [5, 5.41) is 2.92. The highest BCUT2D eigenvalue weighted by molar-refractivity contribution is 5.78. The lowest BCUT2D eigenvalue weighted by Gasteiger charge is -2.30. The van der Waals surface area contributed by atoms with E-state index in [0.29, 0.717) is 38.4 Å². The Morgan fingerprint density at radius 2 is 1.96 bits per heavy atom. The monoisotopic (exact) mass is 346 g/mol. The molecule has 0 spiro atoms. The third-order valence-corrected chi connectivity index (χ3v) is 5.02. The summed E-state index contributed by atoms with van der Waals surface area (Å²) in [6.07, 6.45) is 7.86. The summed E-state index contributed by atoms with van der Waals surface area (Å²) < 4.78 is 5.90. The van der Waals surface area contributed by atoms with Gasteiger partial charge >= 0.3 is 6.03 Å². The molecule has 7 nitrogen and oxygen atoms in total. The van der Waals surface area contributed by atoms with Crippen LogP contribution in [-0.4, -0.2) is 41.0 Å². The molecule has 1 aromatic heterocycles. The van der Waals surface area contributed by atoms with E-state index in [9.17, 15) is 9.59 Å². The number of carbonyl (C=O) groups is 2. The van der Waals surface area contributed by atoms with E-state index in [-0.39, 0.29) is 24.0 Å². The number of ether oxygens (including phenoxy) is 1. The van der Waals surface area contributed by atoms with Crippen LogP contribution in [0.1, 0.15) is 44.1 Å². The van der Waals surface area contributed by atoms with Gasteiger partial charge in [0.2, 0.25) is 11.8 Å². The predicted octanol–water partition coefficient (Wildman–Crippen LogP) is 1.81. The first-order valence-electron chi connectivity index (χ1n) is 9.05. The van der Waals surface area contributed by atoms with E-state index < -0.39 is 0 Å². The highest BCUT2D eigenvalue weighted by Crippen LogP contribution is 2.23. The molecule has 0 bridgehead atoms. The first kappa shape index (κ1) is 17.5. The Morgan fingerprint density at radius 1 is 1.24 bits per heavy atom. The third-order valence-electron chi connectivity index (χ3n) is 5.02. The number of rotatable bonds is 5. The molecule has 0 atom stereocenters. The number of urea groups is 1. The number of hydrogen-bond donors (Lipinski definition) is 2. The number of primary amides is 1. The smallest absolute Gasteiger partial charge is 0.317 e. The number of likely N-dealkylation sites (tertiary alicyclic amines) is 1. The van der Waals surface area contributed by atoms with Crippen molar-refractivity contribution >= 4 is 11.9 Å². The number of aromatic nitrogens is 1. The molecule has 1 aliphatic carbocycles. The minimum Gasteiger partial charge on any atom is -0.474 e. The number of nitrogens with one attached hydrogen (secondary N) is 1. The molecule has 3 amide bonds. The van der Waals surface area contributed by atoms with Gasteiger partial charge in [-0.15, -0.1) is 0 Å². The first-order valence-corrected chi connectivity index (χ1v) is 9.05. The van der Waals surface area contributed by atoms with Crippen LogP contribution in [0.5, 0.6) is 5.88 Å². The van der Waals surface area contributed by atoms with Crippen LogP contribution in [0.15, 0.2) is 18.3 Å². The fourth-order valence-electron chi connectivity index (χ4n) is 3.46. The maximum atomic E-state index is 12.3. The summed E-state index contributed by atoms with van der Waals surface area (Å²) in [6.45, 7) is 1.55. The number of amides is 3. The van der Waals surface area contributed by atoms with E-state index in [0.717, 1.165) is 18.4 Å². The molecule has 1 saturated carbocycles. The molecule has 0 aromatic carbocycles. The molecule has 3 N–H and O–H groups in total. The Labute approximate surface area is 147 Å². The fraction of sp³-hybridized carbons (Fsp3) is 0.611. The van der Waals surface area contributed by atoms with E-state index in [2.05, 4.69) is 10.3 Å². The second-order valence-corrected chi connectivity index (χ2v) is 6.85. The lowest BCUT2D eigenvalue weighted by molar-refractivity contribution is -0.123. The van der Waals surface area contributed by atoms with Gasteiger partial charge < -0.3 is 20.7 Å². The van der Waals surface area contributed by atoms with E-state index in [1.165, 1.54) is 12.8 Å². The summed E-state index contributed by atoms with van der Waals surface area (Å²) >= 11 is 0. The normalized spacial score (nSPS) is 19.0. The van der Waals surface area contributed by atoms with E-state index >= 15 is 0 Å². The molecule has 2 heterocycles. The summed E-state index contributed by atoms with van der Waals surface area (Å²) in [6, 6.07) is 3.65. The molecular weight excluding hydrogens is 320 g/mol. The van der Waals surface area contributed by atoms with Gasteiger partial charge in [-0.1, -0.05) is 0 Å². The number of hydrogen-bond acceptors (Lipinski definition) is 4. The Bertz CT molecular complexity index is 608. The van der Waals surface area contributed by atoms with Crippen LogP contribution < -0.4 is 15.8 Å². The molecule has 136 valence electrons. The third kappa shape index (κ3) is 4.84. The van der Waals surface area contributed by atoms with Gasteiger partial charge in [-0.2, -0.15) is 0 Å². The van der Waals surface area contributed by atoms with Gasteiger partial charge in [0.1, 0.15) is 6.10 Å². The average Bonchev–Trinajstić information content (AvgIpc) is 3.13. The second-order valence-electron chi connectivity index (χ2n) is 6.85. The van der Waals surface area contributed by atoms with Crippen LogP contribution in [0.2, 0.25) is 0 Å². The van der Waals surface area contributed by atoms with E-state index in [4.69, 9.17) is 10.5 Å². The summed E-state index contributed by atoms with van der Waals surface area (Å²) in [4.78, 5) is 29.4. The fourth-order valence-corrected chi connectivity index (χ4v) is 3.46. The van der Waals surface area contributed by atoms with Gasteiger partial charge in [0.15, 0.2) is 0 Å². The van der Waals surface area contributed by atoms with Crippen LogP contribution in [0, 0.1) is 5.92 Å². The molecule has 1 aromatic rings. The SMILES string of the molecule is NC(=O)C1CCN(C(=O)NCc2ccnc(OC3CCCC3)c2)CC1. The minimum absolute atomic E-state index is 0.112. The van der Waals surface area contributed by atoms with E-state index in [1.807, 2.05) is 12.1 Å². The molecule has 0 radical (unpaired) electrons. The molecular formula is C18H26N4O3. The summed E-state index contributed by atoms with van der Waals surface area (Å²) in [5.74, 6) is 0.243. The van der Waals surface area contributed by atoms with Crippen molar-refractivity contribution in [3.8, 4) is 5.88 Å². The van der Waals surface area contributed by atoms with Crippen molar-refractivity contribution in [1.82, 2.24) is 15.2 Å². The Morgan fingerprint density at radius 3 is 2.64 bits per heavy atom. The highest BCUT2D eigenvalue weighted by Gasteiger charge is 2.25. The van der Waals surface area contributed by atoms with Crippen molar-refractivity contribution in [3.63, 3.8) is 0 Å². The molecule has 3 rings (SSSR count). The number of nitrogens with zero attached hydrogens (tertiary/aromatic N) is 2. The largest absolute Gasteiger partial charge is 0.474 e. The van der Waals surface area contributed by atoms with Crippen molar-refractivity contribution in [2.24, 2.45) is 11.7 Å². The van der Waals surface area contributed by atoms with Crippen molar-refractivity contribution in [3.05, 3.63) is 23.9 Å². The van der Waals surface area contributed by atoms with Crippen molar-refractivity contribution < 1.29 is 14.3 Å². The molecule has 2 fully saturated rings. The minimum atomic E-state index is -0.272. The Hall–Kier alpha value is -2.31. The lowest BCUT2D eigenvalue weighted by Crippen LogP contribution is -2.46. The van der Waals surface area contributed by atoms with Crippen LogP contribution in [0.3, 0.4) is 0 Å². The van der Waals surface area contributed by atoms with Gasteiger partial charge in [0.05, 0.1) is 0 Å². The van der Waals surface area contributed by atoms with Crippen molar-refractivity contribution in [1.29, 1.82) is 0 Å². The number of nitrogens with two attached hydrogens (primary N) is 1. The Balaban J connectivity index is 1.46.